The van der Waals surface area contributed by atoms with Crippen LogP contribution in [0.3, 0.4) is 0 Å². The lowest BCUT2D eigenvalue weighted by Crippen LogP contribution is -2.44. The molecule has 0 bridgehead atoms. The number of pyridine rings is 1. The highest BCUT2D eigenvalue weighted by molar-refractivity contribution is 8.14. The largest absolute Gasteiger partial charge is 0.378 e. The second-order valence-corrected chi connectivity index (χ2v) is 12.4. The van der Waals surface area contributed by atoms with Gasteiger partial charge in [-0.25, -0.2) is 4.39 Å². The molecule has 0 radical (unpaired) electrons. The number of nitrogens with zero attached hydrogens (tertiary/aromatic N) is 5. The van der Waals surface area contributed by atoms with Gasteiger partial charge in [0.1, 0.15) is 11.9 Å². The van der Waals surface area contributed by atoms with Crippen molar-refractivity contribution in [2.24, 2.45) is 4.99 Å². The Balaban J connectivity index is 1.38. The molecular weight excluding hydrogens is 612 g/mol. The molecule has 2 aromatic carbocycles. The van der Waals surface area contributed by atoms with Gasteiger partial charge in [0.05, 0.1) is 57.8 Å². The number of hydrogen-bond donors (Lipinski definition) is 4. The van der Waals surface area contributed by atoms with Crippen molar-refractivity contribution in [3.63, 3.8) is 0 Å². The summed E-state index contributed by atoms with van der Waals surface area (Å²) in [4.78, 5) is 11.9. The fourth-order valence-corrected chi connectivity index (χ4v) is 6.71. The number of amidine groups is 1. The number of benzene rings is 2. The predicted octanol–water partition coefficient (Wildman–Crippen LogP) is 5.45. The highest BCUT2D eigenvalue weighted by atomic mass is 35.5. The average Bonchev–Trinajstić information content (AvgIpc) is 3.70. The van der Waals surface area contributed by atoms with Crippen LogP contribution in [0.1, 0.15) is 19.4 Å². The minimum atomic E-state index is -0.530. The molecule has 1 saturated heterocycles. The van der Waals surface area contributed by atoms with Gasteiger partial charge in [0.15, 0.2) is 5.17 Å². The van der Waals surface area contributed by atoms with Crippen LogP contribution in [0.15, 0.2) is 53.4 Å². The van der Waals surface area contributed by atoms with E-state index in [0.717, 1.165) is 35.4 Å². The smallest absolute Gasteiger partial charge is 0.159 e. The lowest BCUT2D eigenvalue weighted by molar-refractivity contribution is 0.0693. The monoisotopic (exact) mass is 641 g/mol. The van der Waals surface area contributed by atoms with Gasteiger partial charge < -0.3 is 25.7 Å². The Labute approximate surface area is 263 Å². The number of hydrogen-bond acceptors (Lipinski definition) is 11. The number of aliphatic imine (C=N–C) groups is 1. The Bertz CT molecular complexity index is 1640. The summed E-state index contributed by atoms with van der Waals surface area (Å²) in [5, 5.41) is 20.8. The molecule has 10 nitrogen and oxygen atoms in total. The van der Waals surface area contributed by atoms with E-state index in [2.05, 4.69) is 57.6 Å². The number of morpholine rings is 1. The Kier molecular flexibility index (Phi) is 8.70. The fraction of sp³-hybridized carbons (Fsp3) is 0.345. The number of nitrogens with one attached hydrogen (secondary N) is 4. The summed E-state index contributed by atoms with van der Waals surface area (Å²) in [5.74, 6) is 0.266. The molecule has 1 aromatic heterocycles. The van der Waals surface area contributed by atoms with Crippen molar-refractivity contribution in [2.75, 3.05) is 42.7 Å². The normalized spacial score (nSPS) is 19.2. The van der Waals surface area contributed by atoms with Crippen LogP contribution in [0.4, 0.5) is 21.5 Å². The molecule has 3 aromatic rings. The van der Waals surface area contributed by atoms with Crippen LogP contribution >= 0.6 is 35.0 Å². The van der Waals surface area contributed by atoms with Crippen molar-refractivity contribution < 1.29 is 9.13 Å². The fourth-order valence-electron chi connectivity index (χ4n) is 5.10. The molecule has 43 heavy (non-hydrogen) atoms. The third-order valence-corrected chi connectivity index (χ3v) is 9.09. The van der Waals surface area contributed by atoms with Crippen LogP contribution < -0.4 is 21.6 Å². The van der Waals surface area contributed by atoms with Gasteiger partial charge in [-0.05, 0) is 44.2 Å². The number of fused-ring (bicyclic) bond motifs is 1. The molecule has 1 unspecified atom stereocenters. The molecule has 14 heteroatoms. The third kappa shape index (κ3) is 6.27. The molecule has 0 saturated carbocycles. The minimum Gasteiger partial charge on any atom is -0.378 e. The average molecular weight is 643 g/mol. The Morgan fingerprint density at radius 1 is 1.16 bits per heavy atom. The number of rotatable bonds is 7. The summed E-state index contributed by atoms with van der Waals surface area (Å²) in [6, 6.07) is 10.2. The third-order valence-electron chi connectivity index (χ3n) is 7.38. The zero-order valence-electron chi connectivity index (χ0n) is 23.5. The van der Waals surface area contributed by atoms with Gasteiger partial charge in [0.25, 0.3) is 0 Å². The molecule has 2 atom stereocenters. The number of halogens is 3. The van der Waals surface area contributed by atoms with Gasteiger partial charge in [-0.2, -0.15) is 5.26 Å². The van der Waals surface area contributed by atoms with Crippen LogP contribution in [0.25, 0.3) is 10.9 Å². The zero-order valence-corrected chi connectivity index (χ0v) is 25.8. The van der Waals surface area contributed by atoms with E-state index < -0.39 is 5.82 Å². The summed E-state index contributed by atoms with van der Waals surface area (Å²) in [6.07, 6.45) is 3.52. The lowest BCUT2D eigenvalue weighted by Gasteiger charge is -2.28. The van der Waals surface area contributed by atoms with E-state index in [0.29, 0.717) is 46.1 Å². The summed E-state index contributed by atoms with van der Waals surface area (Å²) in [7, 11) is 0. The first kappa shape index (κ1) is 29.6. The van der Waals surface area contributed by atoms with Gasteiger partial charge in [0.2, 0.25) is 0 Å². The first-order valence-electron chi connectivity index (χ1n) is 13.9. The molecule has 4 heterocycles. The minimum absolute atomic E-state index is 0.0297. The van der Waals surface area contributed by atoms with Crippen LogP contribution in [0.5, 0.6) is 0 Å². The van der Waals surface area contributed by atoms with Gasteiger partial charge in [-0.15, -0.1) is 5.53 Å². The van der Waals surface area contributed by atoms with Crippen molar-refractivity contribution in [1.82, 2.24) is 25.9 Å². The highest BCUT2D eigenvalue weighted by Gasteiger charge is 2.34. The first-order valence-corrected chi connectivity index (χ1v) is 15.6. The van der Waals surface area contributed by atoms with E-state index in [1.54, 1.807) is 17.8 Å². The van der Waals surface area contributed by atoms with E-state index >= 15 is 0 Å². The number of ether oxygens (including phenoxy) is 1. The van der Waals surface area contributed by atoms with E-state index in [9.17, 15) is 9.65 Å². The maximum atomic E-state index is 13.8. The van der Waals surface area contributed by atoms with Crippen LogP contribution in [-0.4, -0.2) is 70.2 Å². The maximum absolute atomic E-state index is 13.8. The van der Waals surface area contributed by atoms with E-state index in [4.69, 9.17) is 32.9 Å². The van der Waals surface area contributed by atoms with Gasteiger partial charge in [-0.3, -0.25) is 15.0 Å². The molecule has 1 fully saturated rings. The Morgan fingerprint density at radius 2 is 1.95 bits per heavy atom. The van der Waals surface area contributed by atoms with Gasteiger partial charge in [0, 0.05) is 54.0 Å². The standard InChI is InChI=1S/C29H30Cl2FN9OS/c1-16(2)41-14-24(38-39-41)28(25-15-43-29(37-25)40-5-7-42-8-6-40)36-19-9-20-26(35-18-3-4-23(32)21(30)10-18)17(12-33)13-34-27(20)22(31)11-19/h3-4,9-11,13-14,16,25,28,36,38-39H,5-8,15H2,1-2H3,(H,34,35)/t25-,28?/m0/s1. The van der Waals surface area contributed by atoms with Crippen molar-refractivity contribution in [3.8, 4) is 6.07 Å². The number of hydrazine groups is 2. The van der Waals surface area contributed by atoms with E-state index in [-0.39, 0.29) is 23.1 Å². The highest BCUT2D eigenvalue weighted by Crippen LogP contribution is 2.37. The molecule has 0 aliphatic carbocycles. The Morgan fingerprint density at radius 3 is 2.67 bits per heavy atom. The Hall–Kier alpha value is -3.47. The molecule has 4 N–H and O–H groups in total. The molecule has 3 aliphatic rings. The quantitative estimate of drug-likeness (QED) is 0.265. The summed E-state index contributed by atoms with van der Waals surface area (Å²) >= 11 is 14.6. The van der Waals surface area contributed by atoms with Crippen LogP contribution in [0.2, 0.25) is 10.0 Å². The SMILES string of the molecule is CC(C)N1C=C(C(Nc2cc(Cl)c3ncc(C#N)c(Nc4ccc(F)c(Cl)c4)c3c2)[C@@H]2CSC(N3CCOCC3)=N2)NN1. The van der Waals surface area contributed by atoms with Crippen molar-refractivity contribution >= 4 is 68.1 Å². The van der Waals surface area contributed by atoms with Crippen LogP contribution in [0, 0.1) is 17.1 Å². The molecule has 6 rings (SSSR count). The van der Waals surface area contributed by atoms with Crippen molar-refractivity contribution in [3.05, 3.63) is 69.9 Å². The molecule has 224 valence electrons. The molecule has 0 amide bonds. The van der Waals surface area contributed by atoms with E-state index in [1.807, 2.05) is 17.1 Å². The van der Waals surface area contributed by atoms with Gasteiger partial charge >= 0.3 is 0 Å². The van der Waals surface area contributed by atoms with Gasteiger partial charge in [-0.1, -0.05) is 35.0 Å². The maximum Gasteiger partial charge on any atom is 0.159 e. The van der Waals surface area contributed by atoms with Crippen molar-refractivity contribution in [1.29, 1.82) is 5.26 Å². The number of thioether (sulfide) groups is 1. The first-order chi connectivity index (χ1) is 20.8. The lowest BCUT2D eigenvalue weighted by atomic mass is 10.0. The van der Waals surface area contributed by atoms with Crippen LogP contribution in [-0.2, 0) is 4.74 Å². The number of aromatic nitrogens is 1. The summed E-state index contributed by atoms with van der Waals surface area (Å²) < 4.78 is 19.4. The number of nitriles is 1. The molecular formula is C29H30Cl2FN9OS. The zero-order chi connectivity index (χ0) is 30.1. The second-order valence-electron chi connectivity index (χ2n) is 10.6. The summed E-state index contributed by atoms with van der Waals surface area (Å²) in [6.45, 7) is 7.24. The molecule has 3 aliphatic heterocycles. The van der Waals surface area contributed by atoms with E-state index in [1.165, 1.54) is 18.3 Å². The topological polar surface area (TPSA) is 113 Å². The predicted molar refractivity (Wildman–Crippen MR) is 171 cm³/mol. The second kappa shape index (κ2) is 12.6. The molecule has 0 spiro atoms. The number of anilines is 3. The summed E-state index contributed by atoms with van der Waals surface area (Å²) in [5.41, 5.74) is 10.1. The van der Waals surface area contributed by atoms with Crippen molar-refractivity contribution in [2.45, 2.75) is 32.0 Å².